The molecule has 6 nitrogen and oxygen atoms in total. The molecule has 0 saturated carbocycles. The predicted molar refractivity (Wildman–Crippen MR) is 109 cm³/mol. The summed E-state index contributed by atoms with van der Waals surface area (Å²) in [5.41, 5.74) is 0.336. The van der Waals surface area contributed by atoms with Gasteiger partial charge in [0.1, 0.15) is 0 Å². The summed E-state index contributed by atoms with van der Waals surface area (Å²) in [7, 11) is -4.07. The maximum Gasteiger partial charge on any atom is 0.416 e. The molecule has 1 saturated heterocycles. The molecule has 10 heteroatoms. The van der Waals surface area contributed by atoms with Gasteiger partial charge in [-0.05, 0) is 50.1 Å². The number of hydrogen-bond acceptors (Lipinski definition) is 4. The molecule has 31 heavy (non-hydrogen) atoms. The second-order valence-electron chi connectivity index (χ2n) is 7.64. The molecule has 2 heterocycles. The molecule has 0 radical (unpaired) electrons. The Balaban J connectivity index is 1.56. The fraction of sp³-hybridized carbons (Fsp3) is 0.333. The summed E-state index contributed by atoms with van der Waals surface area (Å²) in [5, 5.41) is 0.501. The Morgan fingerprint density at radius 3 is 2.45 bits per heavy atom. The number of hydrogen-bond donors (Lipinski definition) is 0. The van der Waals surface area contributed by atoms with Gasteiger partial charge in [0.05, 0.1) is 27.7 Å². The van der Waals surface area contributed by atoms with Gasteiger partial charge in [-0.25, -0.2) is 13.4 Å². The molecular formula is C21H20F3N3O3S. The number of nitrogens with zero attached hydrogens (tertiary/aromatic N) is 3. The molecule has 0 aliphatic carbocycles. The van der Waals surface area contributed by atoms with E-state index in [1.54, 1.807) is 12.1 Å². The fourth-order valence-electron chi connectivity index (χ4n) is 3.85. The molecule has 1 aliphatic rings. The predicted octanol–water partition coefficient (Wildman–Crippen LogP) is 3.75. The van der Waals surface area contributed by atoms with E-state index >= 15 is 0 Å². The minimum atomic E-state index is -4.62. The van der Waals surface area contributed by atoms with Crippen LogP contribution in [0.1, 0.15) is 30.0 Å². The lowest BCUT2D eigenvalue weighted by Gasteiger charge is -2.32. The van der Waals surface area contributed by atoms with Crippen molar-refractivity contribution in [2.75, 3.05) is 13.1 Å². The standard InChI is InChI=1S/C21H20F3N3O3S/c1-14-5-6-19-18(11-14)20(28)27(13-25-19)16-7-9-26(10-8-16)31(29,30)17-4-2-3-15(12-17)21(22,23)24/h2-6,11-13,16H,7-10H2,1H3. The lowest BCUT2D eigenvalue weighted by molar-refractivity contribution is -0.137. The summed E-state index contributed by atoms with van der Waals surface area (Å²) in [6.45, 7) is 2.08. The number of benzene rings is 2. The molecule has 4 rings (SSSR count). The molecule has 0 atom stereocenters. The molecule has 0 amide bonds. The van der Waals surface area contributed by atoms with E-state index < -0.39 is 21.8 Å². The third-order valence-corrected chi connectivity index (χ3v) is 7.45. The molecule has 0 unspecified atom stereocenters. The summed E-state index contributed by atoms with van der Waals surface area (Å²) in [6.07, 6.45) is -2.43. The number of sulfonamides is 1. The number of piperidine rings is 1. The van der Waals surface area contributed by atoms with Gasteiger partial charge in [-0.1, -0.05) is 17.7 Å². The van der Waals surface area contributed by atoms with Crippen LogP contribution in [0.3, 0.4) is 0 Å². The van der Waals surface area contributed by atoms with E-state index in [9.17, 15) is 26.4 Å². The average molecular weight is 451 g/mol. The van der Waals surface area contributed by atoms with E-state index in [2.05, 4.69) is 4.98 Å². The van der Waals surface area contributed by atoms with Crippen molar-refractivity contribution in [3.63, 3.8) is 0 Å². The zero-order chi connectivity index (χ0) is 22.4. The Morgan fingerprint density at radius 2 is 1.77 bits per heavy atom. The van der Waals surface area contributed by atoms with Crippen LogP contribution in [-0.4, -0.2) is 35.4 Å². The van der Waals surface area contributed by atoms with Gasteiger partial charge < -0.3 is 0 Å². The molecule has 164 valence electrons. The topological polar surface area (TPSA) is 72.3 Å². The van der Waals surface area contributed by atoms with E-state index in [1.807, 2.05) is 13.0 Å². The Bertz CT molecular complexity index is 1290. The largest absolute Gasteiger partial charge is 0.416 e. The van der Waals surface area contributed by atoms with Crippen LogP contribution in [0.2, 0.25) is 0 Å². The molecule has 1 aliphatic heterocycles. The van der Waals surface area contributed by atoms with Crippen LogP contribution in [0.4, 0.5) is 13.2 Å². The van der Waals surface area contributed by atoms with Gasteiger partial charge in [0.15, 0.2) is 0 Å². The highest BCUT2D eigenvalue weighted by Crippen LogP contribution is 2.32. The van der Waals surface area contributed by atoms with Crippen molar-refractivity contribution in [2.24, 2.45) is 0 Å². The van der Waals surface area contributed by atoms with Crippen LogP contribution >= 0.6 is 0 Å². The number of halogens is 3. The molecular weight excluding hydrogens is 431 g/mol. The molecule has 1 aromatic heterocycles. The Labute approximate surface area is 177 Å². The Morgan fingerprint density at radius 1 is 1.06 bits per heavy atom. The lowest BCUT2D eigenvalue weighted by Crippen LogP contribution is -2.40. The summed E-state index contributed by atoms with van der Waals surface area (Å²) in [5.74, 6) is 0. The molecule has 0 N–H and O–H groups in total. The van der Waals surface area contributed by atoms with Crippen molar-refractivity contribution in [1.29, 1.82) is 0 Å². The molecule has 3 aromatic rings. The van der Waals surface area contributed by atoms with Crippen LogP contribution < -0.4 is 5.56 Å². The zero-order valence-electron chi connectivity index (χ0n) is 16.6. The maximum absolute atomic E-state index is 13.0. The van der Waals surface area contributed by atoms with Gasteiger partial charge in [0.2, 0.25) is 10.0 Å². The van der Waals surface area contributed by atoms with E-state index in [4.69, 9.17) is 0 Å². The number of fused-ring (bicyclic) bond motifs is 1. The van der Waals surface area contributed by atoms with Crippen molar-refractivity contribution >= 4 is 20.9 Å². The minimum Gasteiger partial charge on any atom is -0.296 e. The van der Waals surface area contributed by atoms with Crippen LogP contribution in [0.25, 0.3) is 10.9 Å². The summed E-state index contributed by atoms with van der Waals surface area (Å²) in [6, 6.07) is 8.93. The number of aromatic nitrogens is 2. The smallest absolute Gasteiger partial charge is 0.296 e. The SMILES string of the molecule is Cc1ccc2ncn(C3CCN(S(=O)(=O)c4cccc(C(F)(F)F)c4)CC3)c(=O)c2c1. The van der Waals surface area contributed by atoms with Gasteiger partial charge in [-0.15, -0.1) is 0 Å². The van der Waals surface area contributed by atoms with Gasteiger partial charge >= 0.3 is 6.18 Å². The van der Waals surface area contributed by atoms with Gasteiger partial charge in [-0.3, -0.25) is 9.36 Å². The fourth-order valence-corrected chi connectivity index (χ4v) is 5.37. The molecule has 2 aromatic carbocycles. The summed E-state index contributed by atoms with van der Waals surface area (Å²) < 4.78 is 67.3. The van der Waals surface area contributed by atoms with Crippen molar-refractivity contribution in [3.8, 4) is 0 Å². The lowest BCUT2D eigenvalue weighted by atomic mass is 10.1. The zero-order valence-corrected chi connectivity index (χ0v) is 17.4. The van der Waals surface area contributed by atoms with Crippen molar-refractivity contribution in [2.45, 2.75) is 36.9 Å². The van der Waals surface area contributed by atoms with Gasteiger partial charge in [0, 0.05) is 19.1 Å². The molecule has 1 fully saturated rings. The van der Waals surface area contributed by atoms with E-state index in [-0.39, 0.29) is 29.6 Å². The quantitative estimate of drug-likeness (QED) is 0.608. The van der Waals surface area contributed by atoms with E-state index in [0.717, 1.165) is 23.8 Å². The van der Waals surface area contributed by atoms with Gasteiger partial charge in [0.25, 0.3) is 5.56 Å². The van der Waals surface area contributed by atoms with Crippen molar-refractivity contribution in [3.05, 3.63) is 70.3 Å². The second-order valence-corrected chi connectivity index (χ2v) is 9.58. The van der Waals surface area contributed by atoms with Crippen LogP contribution in [-0.2, 0) is 16.2 Å². The second kappa shape index (κ2) is 7.76. The van der Waals surface area contributed by atoms with Crippen LogP contribution in [0.5, 0.6) is 0 Å². The monoisotopic (exact) mass is 451 g/mol. The minimum absolute atomic E-state index is 0.0988. The molecule has 0 spiro atoms. The highest BCUT2D eigenvalue weighted by atomic mass is 32.2. The Hall–Kier alpha value is -2.72. The van der Waals surface area contributed by atoms with E-state index in [1.165, 1.54) is 15.2 Å². The Kier molecular flexibility index (Phi) is 5.38. The first-order valence-corrected chi connectivity index (χ1v) is 11.2. The summed E-state index contributed by atoms with van der Waals surface area (Å²) in [4.78, 5) is 16.8. The number of rotatable bonds is 3. The number of alkyl halides is 3. The number of aryl methyl sites for hydroxylation is 1. The third-order valence-electron chi connectivity index (χ3n) is 5.55. The highest BCUT2D eigenvalue weighted by Gasteiger charge is 2.34. The van der Waals surface area contributed by atoms with Crippen molar-refractivity contribution < 1.29 is 21.6 Å². The first-order valence-electron chi connectivity index (χ1n) is 9.72. The third kappa shape index (κ3) is 4.09. The van der Waals surface area contributed by atoms with E-state index in [0.29, 0.717) is 29.8 Å². The van der Waals surface area contributed by atoms with Crippen LogP contribution in [0.15, 0.2) is 58.5 Å². The first-order chi connectivity index (χ1) is 14.6. The summed E-state index contributed by atoms with van der Waals surface area (Å²) >= 11 is 0. The first kappa shape index (κ1) is 21.5. The molecule has 0 bridgehead atoms. The van der Waals surface area contributed by atoms with Gasteiger partial charge in [-0.2, -0.15) is 17.5 Å². The maximum atomic E-state index is 13.0. The van der Waals surface area contributed by atoms with Crippen LogP contribution in [0, 0.1) is 6.92 Å². The highest BCUT2D eigenvalue weighted by molar-refractivity contribution is 7.89. The average Bonchev–Trinajstić information content (AvgIpc) is 2.74. The van der Waals surface area contributed by atoms with Crippen molar-refractivity contribution in [1.82, 2.24) is 13.9 Å². The normalized spacial score (nSPS) is 16.6.